The second-order valence-corrected chi connectivity index (χ2v) is 3.16. The van der Waals surface area contributed by atoms with Crippen LogP contribution in [0.2, 0.25) is 0 Å². The average molecular weight is 187 g/mol. The van der Waals surface area contributed by atoms with Gasteiger partial charge in [-0.25, -0.2) is 0 Å². The van der Waals surface area contributed by atoms with Crippen molar-refractivity contribution in [1.29, 1.82) is 0 Å². The van der Waals surface area contributed by atoms with Gasteiger partial charge in [-0.3, -0.25) is 0 Å². The molecule has 2 nitrogen and oxygen atoms in total. The molecule has 0 unspecified atom stereocenters. The van der Waals surface area contributed by atoms with E-state index in [-0.39, 0.29) is 0 Å². The molecule has 0 heterocycles. The smallest absolute Gasteiger partial charge is 0.0572 e. The SMILES string of the molecule is CONCc1cccc2ccccc12. The number of hydrogen-bond acceptors (Lipinski definition) is 2. The summed E-state index contributed by atoms with van der Waals surface area (Å²) in [5, 5.41) is 2.54. The maximum Gasteiger partial charge on any atom is 0.0572 e. The summed E-state index contributed by atoms with van der Waals surface area (Å²) in [5.41, 5.74) is 4.11. The van der Waals surface area contributed by atoms with E-state index in [2.05, 4.69) is 47.9 Å². The number of benzene rings is 2. The van der Waals surface area contributed by atoms with E-state index in [0.717, 1.165) is 6.54 Å². The van der Waals surface area contributed by atoms with Crippen LogP contribution < -0.4 is 5.48 Å². The number of hydroxylamine groups is 1. The normalized spacial score (nSPS) is 10.6. The zero-order chi connectivity index (χ0) is 9.80. The number of fused-ring (bicyclic) bond motifs is 1. The molecule has 2 aromatic rings. The molecule has 0 aliphatic heterocycles. The molecular weight excluding hydrogens is 174 g/mol. The molecule has 0 radical (unpaired) electrons. The van der Waals surface area contributed by atoms with Gasteiger partial charge in [0.2, 0.25) is 0 Å². The highest BCUT2D eigenvalue weighted by molar-refractivity contribution is 5.85. The van der Waals surface area contributed by atoms with Gasteiger partial charge in [0.25, 0.3) is 0 Å². The maximum atomic E-state index is 4.84. The lowest BCUT2D eigenvalue weighted by molar-refractivity contribution is 0.0870. The molecule has 1 N–H and O–H groups in total. The highest BCUT2D eigenvalue weighted by Crippen LogP contribution is 2.17. The fourth-order valence-corrected chi connectivity index (χ4v) is 1.60. The van der Waals surface area contributed by atoms with Crippen molar-refractivity contribution in [3.63, 3.8) is 0 Å². The fourth-order valence-electron chi connectivity index (χ4n) is 1.60. The van der Waals surface area contributed by atoms with Crippen molar-refractivity contribution in [2.75, 3.05) is 7.11 Å². The van der Waals surface area contributed by atoms with E-state index < -0.39 is 0 Å². The lowest BCUT2D eigenvalue weighted by atomic mass is 10.1. The largest absolute Gasteiger partial charge is 0.305 e. The Hall–Kier alpha value is -1.38. The van der Waals surface area contributed by atoms with Crippen molar-refractivity contribution in [3.05, 3.63) is 48.0 Å². The zero-order valence-corrected chi connectivity index (χ0v) is 8.16. The Kier molecular flexibility index (Phi) is 2.77. The summed E-state index contributed by atoms with van der Waals surface area (Å²) in [6.45, 7) is 0.734. The highest BCUT2D eigenvalue weighted by Gasteiger charge is 1.98. The summed E-state index contributed by atoms with van der Waals surface area (Å²) < 4.78 is 0. The fraction of sp³-hybridized carbons (Fsp3) is 0.167. The van der Waals surface area contributed by atoms with Gasteiger partial charge < -0.3 is 4.84 Å². The van der Waals surface area contributed by atoms with Crippen LogP contribution in [0.4, 0.5) is 0 Å². The molecule has 0 saturated heterocycles. The summed E-state index contributed by atoms with van der Waals surface area (Å²) in [5.74, 6) is 0. The molecule has 0 aliphatic carbocycles. The van der Waals surface area contributed by atoms with Crippen molar-refractivity contribution < 1.29 is 4.84 Å². The minimum absolute atomic E-state index is 0.734. The Labute approximate surface area is 83.5 Å². The zero-order valence-electron chi connectivity index (χ0n) is 8.16. The minimum Gasteiger partial charge on any atom is -0.305 e. The standard InChI is InChI=1S/C12H13NO/c1-14-13-9-11-7-4-6-10-5-2-3-8-12(10)11/h2-8,13H,9H2,1H3. The lowest BCUT2D eigenvalue weighted by Gasteiger charge is -2.06. The Morgan fingerprint density at radius 3 is 2.71 bits per heavy atom. The molecule has 0 spiro atoms. The molecule has 0 amide bonds. The third-order valence-electron chi connectivity index (χ3n) is 2.29. The van der Waals surface area contributed by atoms with Gasteiger partial charge in [-0.1, -0.05) is 42.5 Å². The monoisotopic (exact) mass is 187 g/mol. The first-order valence-corrected chi connectivity index (χ1v) is 4.64. The molecule has 2 heteroatoms. The summed E-state index contributed by atoms with van der Waals surface area (Å²) >= 11 is 0. The van der Waals surface area contributed by atoms with E-state index in [0.29, 0.717) is 0 Å². The number of nitrogens with one attached hydrogen (secondary N) is 1. The van der Waals surface area contributed by atoms with Crippen molar-refractivity contribution >= 4 is 10.8 Å². The number of rotatable bonds is 3. The maximum absolute atomic E-state index is 4.84. The summed E-state index contributed by atoms with van der Waals surface area (Å²) in [7, 11) is 1.63. The average Bonchev–Trinajstić information content (AvgIpc) is 2.26. The number of hydrogen-bond donors (Lipinski definition) is 1. The first-order chi connectivity index (χ1) is 6.92. The summed E-state index contributed by atoms with van der Waals surface area (Å²) in [6, 6.07) is 14.6. The van der Waals surface area contributed by atoms with Crippen LogP contribution in [0.15, 0.2) is 42.5 Å². The minimum atomic E-state index is 0.734. The van der Waals surface area contributed by atoms with E-state index in [4.69, 9.17) is 4.84 Å². The van der Waals surface area contributed by atoms with Crippen LogP contribution in [0.1, 0.15) is 5.56 Å². The van der Waals surface area contributed by atoms with Gasteiger partial charge in [-0.15, -0.1) is 0 Å². The Morgan fingerprint density at radius 2 is 1.86 bits per heavy atom. The van der Waals surface area contributed by atoms with Gasteiger partial charge in [0.1, 0.15) is 0 Å². The van der Waals surface area contributed by atoms with Crippen LogP contribution in [-0.2, 0) is 11.4 Å². The van der Waals surface area contributed by atoms with E-state index >= 15 is 0 Å². The van der Waals surface area contributed by atoms with E-state index in [1.54, 1.807) is 7.11 Å². The molecule has 0 bridgehead atoms. The van der Waals surface area contributed by atoms with Crippen LogP contribution in [-0.4, -0.2) is 7.11 Å². The van der Waals surface area contributed by atoms with Gasteiger partial charge in [0, 0.05) is 6.54 Å². The van der Waals surface area contributed by atoms with E-state index in [1.807, 2.05) is 0 Å². The van der Waals surface area contributed by atoms with Crippen LogP contribution in [0.25, 0.3) is 10.8 Å². The second kappa shape index (κ2) is 4.22. The Balaban J connectivity index is 2.43. The first-order valence-electron chi connectivity index (χ1n) is 4.64. The molecule has 72 valence electrons. The molecule has 0 aromatic heterocycles. The molecule has 2 rings (SSSR count). The Morgan fingerprint density at radius 1 is 1.07 bits per heavy atom. The highest BCUT2D eigenvalue weighted by atomic mass is 16.6. The van der Waals surface area contributed by atoms with Crippen LogP contribution >= 0.6 is 0 Å². The van der Waals surface area contributed by atoms with Crippen LogP contribution in [0.5, 0.6) is 0 Å². The summed E-state index contributed by atoms with van der Waals surface area (Å²) in [6.07, 6.45) is 0. The topological polar surface area (TPSA) is 21.3 Å². The van der Waals surface area contributed by atoms with Crippen LogP contribution in [0, 0.1) is 0 Å². The molecule has 0 fully saturated rings. The van der Waals surface area contributed by atoms with Crippen molar-refractivity contribution in [1.82, 2.24) is 5.48 Å². The molecule has 14 heavy (non-hydrogen) atoms. The Bertz CT molecular complexity index is 420. The van der Waals surface area contributed by atoms with Gasteiger partial charge in [-0.05, 0) is 16.3 Å². The van der Waals surface area contributed by atoms with Gasteiger partial charge in [0.15, 0.2) is 0 Å². The lowest BCUT2D eigenvalue weighted by Crippen LogP contribution is -2.10. The van der Waals surface area contributed by atoms with Crippen LogP contribution in [0.3, 0.4) is 0 Å². The van der Waals surface area contributed by atoms with E-state index in [1.165, 1.54) is 16.3 Å². The summed E-state index contributed by atoms with van der Waals surface area (Å²) in [4.78, 5) is 4.84. The second-order valence-electron chi connectivity index (χ2n) is 3.16. The van der Waals surface area contributed by atoms with Gasteiger partial charge in [-0.2, -0.15) is 5.48 Å². The van der Waals surface area contributed by atoms with E-state index in [9.17, 15) is 0 Å². The predicted molar refractivity (Wildman–Crippen MR) is 57.8 cm³/mol. The van der Waals surface area contributed by atoms with Crippen molar-refractivity contribution in [3.8, 4) is 0 Å². The van der Waals surface area contributed by atoms with Gasteiger partial charge >= 0.3 is 0 Å². The van der Waals surface area contributed by atoms with Crippen molar-refractivity contribution in [2.45, 2.75) is 6.54 Å². The third-order valence-corrected chi connectivity index (χ3v) is 2.29. The molecule has 0 atom stereocenters. The molecule has 0 saturated carbocycles. The van der Waals surface area contributed by atoms with Gasteiger partial charge in [0.05, 0.1) is 7.11 Å². The molecule has 2 aromatic carbocycles. The molecule has 0 aliphatic rings. The van der Waals surface area contributed by atoms with Crippen molar-refractivity contribution in [2.24, 2.45) is 0 Å². The third kappa shape index (κ3) is 1.76. The molecular formula is C12H13NO. The predicted octanol–water partition coefficient (Wildman–Crippen LogP) is 2.49. The quantitative estimate of drug-likeness (QED) is 0.745. The first kappa shape index (κ1) is 9.19.